The number of benzene rings is 2. The molecular formula is C14H12BrClFNO. The highest BCUT2D eigenvalue weighted by atomic mass is 79.9. The Morgan fingerprint density at radius 2 is 1.95 bits per heavy atom. The maximum absolute atomic E-state index is 14.0. The minimum Gasteiger partial charge on any atom is -0.496 e. The average molecular weight is 345 g/mol. The lowest BCUT2D eigenvalue weighted by molar-refractivity contribution is 0.407. The Morgan fingerprint density at radius 1 is 1.26 bits per heavy atom. The molecule has 0 aliphatic heterocycles. The Morgan fingerprint density at radius 3 is 2.63 bits per heavy atom. The van der Waals surface area contributed by atoms with Crippen LogP contribution in [0.3, 0.4) is 0 Å². The Hall–Kier alpha value is -1.10. The van der Waals surface area contributed by atoms with E-state index in [2.05, 4.69) is 15.9 Å². The van der Waals surface area contributed by atoms with Crippen LogP contribution < -0.4 is 10.5 Å². The first-order valence-corrected chi connectivity index (χ1v) is 6.74. The smallest absolute Gasteiger partial charge is 0.129 e. The van der Waals surface area contributed by atoms with Crippen LogP contribution in [0.4, 0.5) is 4.39 Å². The van der Waals surface area contributed by atoms with Crippen molar-refractivity contribution < 1.29 is 9.13 Å². The molecule has 0 aromatic heterocycles. The minimum absolute atomic E-state index is 0.331. The molecular weight excluding hydrogens is 333 g/mol. The third-order valence-corrected chi connectivity index (χ3v) is 4.05. The fourth-order valence-electron chi connectivity index (χ4n) is 1.87. The summed E-state index contributed by atoms with van der Waals surface area (Å²) in [5.74, 6) is 0.211. The lowest BCUT2D eigenvalue weighted by Crippen LogP contribution is -2.14. The first-order chi connectivity index (χ1) is 9.04. The molecule has 1 unspecified atom stereocenters. The van der Waals surface area contributed by atoms with E-state index in [4.69, 9.17) is 22.1 Å². The van der Waals surface area contributed by atoms with E-state index in [1.165, 1.54) is 12.1 Å². The van der Waals surface area contributed by atoms with Crippen molar-refractivity contribution in [2.45, 2.75) is 6.04 Å². The van der Waals surface area contributed by atoms with Gasteiger partial charge in [-0.2, -0.15) is 0 Å². The highest BCUT2D eigenvalue weighted by molar-refractivity contribution is 9.10. The summed E-state index contributed by atoms with van der Waals surface area (Å²) < 4.78 is 19.7. The first-order valence-electron chi connectivity index (χ1n) is 5.57. The monoisotopic (exact) mass is 343 g/mol. The molecule has 0 spiro atoms. The zero-order valence-electron chi connectivity index (χ0n) is 10.2. The Balaban J connectivity index is 2.50. The summed E-state index contributed by atoms with van der Waals surface area (Å²) in [6, 6.07) is 9.45. The second kappa shape index (κ2) is 5.90. The second-order valence-corrected chi connectivity index (χ2v) is 5.27. The molecule has 5 heteroatoms. The third-order valence-electron chi connectivity index (χ3n) is 2.85. The van der Waals surface area contributed by atoms with Gasteiger partial charge >= 0.3 is 0 Å². The SMILES string of the molecule is COc1ccccc1C(N)c1cc(Cl)c(Br)cc1F. The molecule has 0 aliphatic carbocycles. The van der Waals surface area contributed by atoms with Crippen LogP contribution in [0.25, 0.3) is 0 Å². The number of hydrogen-bond acceptors (Lipinski definition) is 2. The van der Waals surface area contributed by atoms with Crippen LogP contribution in [-0.4, -0.2) is 7.11 Å². The second-order valence-electron chi connectivity index (χ2n) is 4.01. The molecule has 19 heavy (non-hydrogen) atoms. The standard InChI is InChI=1S/C14H12BrClFNO/c1-19-13-5-3-2-4-8(13)14(18)9-6-11(16)10(15)7-12(9)17/h2-7,14H,18H2,1H3. The summed E-state index contributed by atoms with van der Waals surface area (Å²) in [6.45, 7) is 0. The molecule has 100 valence electrons. The predicted octanol–water partition coefficient (Wildman–Crippen LogP) is 4.30. The van der Waals surface area contributed by atoms with Crippen molar-refractivity contribution in [1.82, 2.24) is 0 Å². The molecule has 1 atom stereocenters. The van der Waals surface area contributed by atoms with Crippen LogP contribution in [0.2, 0.25) is 5.02 Å². The van der Waals surface area contributed by atoms with Crippen molar-refractivity contribution in [3.63, 3.8) is 0 Å². The normalized spacial score (nSPS) is 12.3. The Kier molecular flexibility index (Phi) is 4.45. The van der Waals surface area contributed by atoms with E-state index in [-0.39, 0.29) is 0 Å². The van der Waals surface area contributed by atoms with E-state index in [1.54, 1.807) is 19.2 Å². The number of para-hydroxylation sites is 1. The molecule has 2 nitrogen and oxygen atoms in total. The molecule has 0 radical (unpaired) electrons. The van der Waals surface area contributed by atoms with Gasteiger partial charge in [-0.25, -0.2) is 4.39 Å². The number of halogens is 3. The highest BCUT2D eigenvalue weighted by Gasteiger charge is 2.18. The van der Waals surface area contributed by atoms with Gasteiger partial charge in [0.25, 0.3) is 0 Å². The molecule has 0 amide bonds. The summed E-state index contributed by atoms with van der Waals surface area (Å²) >= 11 is 9.17. The Labute approximate surface area is 124 Å². The van der Waals surface area contributed by atoms with E-state index >= 15 is 0 Å². The van der Waals surface area contributed by atoms with Gasteiger partial charge in [0.2, 0.25) is 0 Å². The number of rotatable bonds is 3. The van der Waals surface area contributed by atoms with Gasteiger partial charge in [0.1, 0.15) is 11.6 Å². The predicted molar refractivity (Wildman–Crippen MR) is 78.1 cm³/mol. The fourth-order valence-corrected chi connectivity index (χ4v) is 2.35. The molecule has 2 aromatic rings. The van der Waals surface area contributed by atoms with E-state index < -0.39 is 11.9 Å². The fraction of sp³-hybridized carbons (Fsp3) is 0.143. The van der Waals surface area contributed by atoms with E-state index in [0.29, 0.717) is 26.4 Å². The molecule has 0 saturated carbocycles. The topological polar surface area (TPSA) is 35.2 Å². The summed E-state index contributed by atoms with van der Waals surface area (Å²) in [5.41, 5.74) is 7.16. The summed E-state index contributed by atoms with van der Waals surface area (Å²) in [6.07, 6.45) is 0. The van der Waals surface area contributed by atoms with Crippen molar-refractivity contribution in [3.8, 4) is 5.75 Å². The first kappa shape index (κ1) is 14.3. The number of nitrogens with two attached hydrogens (primary N) is 1. The maximum Gasteiger partial charge on any atom is 0.129 e. The minimum atomic E-state index is -0.637. The molecule has 0 fully saturated rings. The molecule has 0 bridgehead atoms. The zero-order valence-corrected chi connectivity index (χ0v) is 12.5. The van der Waals surface area contributed by atoms with Crippen LogP contribution in [0.1, 0.15) is 17.2 Å². The quantitative estimate of drug-likeness (QED) is 0.843. The lowest BCUT2D eigenvalue weighted by Gasteiger charge is -2.17. The van der Waals surface area contributed by atoms with Crippen molar-refractivity contribution >= 4 is 27.5 Å². The van der Waals surface area contributed by atoms with E-state index in [1.807, 2.05) is 12.1 Å². The number of ether oxygens (including phenoxy) is 1. The molecule has 2 aromatic carbocycles. The number of methoxy groups -OCH3 is 1. The average Bonchev–Trinajstić information content (AvgIpc) is 2.42. The van der Waals surface area contributed by atoms with Crippen LogP contribution in [0, 0.1) is 5.82 Å². The molecule has 0 aliphatic rings. The van der Waals surface area contributed by atoms with Gasteiger partial charge in [-0.1, -0.05) is 29.8 Å². The molecule has 0 heterocycles. The van der Waals surface area contributed by atoms with Crippen molar-refractivity contribution in [1.29, 1.82) is 0 Å². The summed E-state index contributed by atoms with van der Waals surface area (Å²) in [5, 5.41) is 0.418. The maximum atomic E-state index is 14.0. The van der Waals surface area contributed by atoms with Gasteiger partial charge in [-0.15, -0.1) is 0 Å². The third kappa shape index (κ3) is 2.91. The van der Waals surface area contributed by atoms with Crippen LogP contribution in [-0.2, 0) is 0 Å². The summed E-state index contributed by atoms with van der Waals surface area (Å²) in [4.78, 5) is 0. The van der Waals surface area contributed by atoms with Gasteiger partial charge in [0.15, 0.2) is 0 Å². The molecule has 0 saturated heterocycles. The zero-order chi connectivity index (χ0) is 14.0. The lowest BCUT2D eigenvalue weighted by atomic mass is 9.98. The van der Waals surface area contributed by atoms with E-state index in [9.17, 15) is 4.39 Å². The van der Waals surface area contributed by atoms with Crippen molar-refractivity contribution in [2.24, 2.45) is 5.73 Å². The van der Waals surface area contributed by atoms with Gasteiger partial charge in [0, 0.05) is 15.6 Å². The van der Waals surface area contributed by atoms with E-state index in [0.717, 1.165) is 0 Å². The van der Waals surface area contributed by atoms with Crippen LogP contribution >= 0.6 is 27.5 Å². The summed E-state index contributed by atoms with van der Waals surface area (Å²) in [7, 11) is 1.55. The van der Waals surface area contributed by atoms with Gasteiger partial charge in [-0.3, -0.25) is 0 Å². The molecule has 2 N–H and O–H groups in total. The highest BCUT2D eigenvalue weighted by Crippen LogP contribution is 2.33. The van der Waals surface area contributed by atoms with Crippen molar-refractivity contribution in [2.75, 3.05) is 7.11 Å². The molecule has 2 rings (SSSR count). The Bertz CT molecular complexity index is 606. The van der Waals surface area contributed by atoms with Gasteiger partial charge < -0.3 is 10.5 Å². The largest absolute Gasteiger partial charge is 0.496 e. The van der Waals surface area contributed by atoms with Gasteiger partial charge in [-0.05, 0) is 34.1 Å². The van der Waals surface area contributed by atoms with Gasteiger partial charge in [0.05, 0.1) is 18.2 Å². The number of hydrogen-bond donors (Lipinski definition) is 1. The van der Waals surface area contributed by atoms with Crippen LogP contribution in [0.5, 0.6) is 5.75 Å². The van der Waals surface area contributed by atoms with Crippen molar-refractivity contribution in [3.05, 3.63) is 62.8 Å². The van der Waals surface area contributed by atoms with Crippen LogP contribution in [0.15, 0.2) is 40.9 Å².